The smallest absolute Gasteiger partial charge is 0.194 e. The molecule has 1 aromatic rings. The third-order valence-electron chi connectivity index (χ3n) is 2.75. The maximum Gasteiger partial charge on any atom is 0.194 e. The molecule has 0 unspecified atom stereocenters. The van der Waals surface area contributed by atoms with Crippen LogP contribution in [0, 0.1) is 0 Å². The monoisotopic (exact) mass is 315 g/mol. The molecule has 0 radical (unpaired) electrons. The predicted octanol–water partition coefficient (Wildman–Crippen LogP) is 3.07. The number of rotatable bonds is 3. The second-order valence-corrected chi connectivity index (χ2v) is 6.62. The summed E-state index contributed by atoms with van der Waals surface area (Å²) in [6.45, 7) is 6.10. The first-order valence-corrected chi connectivity index (χ1v) is 7.68. The average molecular weight is 316 g/mol. The average Bonchev–Trinajstić information content (AvgIpc) is 2.95. The molecular weight excluding hydrogens is 298 g/mol. The fourth-order valence-corrected chi connectivity index (χ4v) is 3.35. The topological polar surface area (TPSA) is 27.6 Å². The van der Waals surface area contributed by atoms with E-state index in [9.17, 15) is 0 Å². The van der Waals surface area contributed by atoms with Crippen LogP contribution in [0.4, 0.5) is 0 Å². The van der Waals surface area contributed by atoms with Gasteiger partial charge in [0.2, 0.25) is 0 Å². The Labute approximate surface area is 115 Å². The lowest BCUT2D eigenvalue weighted by Crippen LogP contribution is -2.39. The van der Waals surface area contributed by atoms with Crippen molar-refractivity contribution in [3.63, 3.8) is 0 Å². The van der Waals surface area contributed by atoms with Crippen molar-refractivity contribution in [1.29, 1.82) is 0 Å². The second-order valence-electron chi connectivity index (χ2n) is 4.07. The minimum atomic E-state index is 0.773. The van der Waals surface area contributed by atoms with Gasteiger partial charge in [-0.3, -0.25) is 0 Å². The Bertz CT molecular complexity index is 383. The van der Waals surface area contributed by atoms with E-state index in [0.717, 1.165) is 32.1 Å². The van der Waals surface area contributed by atoms with E-state index in [1.54, 1.807) is 11.3 Å². The molecule has 94 valence electrons. The van der Waals surface area contributed by atoms with Crippen LogP contribution in [0.5, 0.6) is 0 Å². The van der Waals surface area contributed by atoms with Crippen molar-refractivity contribution in [1.82, 2.24) is 10.2 Å². The maximum absolute atomic E-state index is 4.70. The van der Waals surface area contributed by atoms with Gasteiger partial charge in [0.05, 0.1) is 10.3 Å². The van der Waals surface area contributed by atoms with Crippen LogP contribution in [-0.4, -0.2) is 30.5 Å². The first kappa shape index (κ1) is 12.9. The molecule has 0 bridgehead atoms. The summed E-state index contributed by atoms with van der Waals surface area (Å²) in [7, 11) is 0. The molecule has 2 rings (SSSR count). The first-order valence-electron chi connectivity index (χ1n) is 6.07. The molecule has 1 aliphatic heterocycles. The van der Waals surface area contributed by atoms with Gasteiger partial charge in [-0.05, 0) is 47.8 Å². The number of thiophene rings is 1. The summed E-state index contributed by atoms with van der Waals surface area (Å²) in [6, 6.07) is 4.21. The number of nitrogens with one attached hydrogen (secondary N) is 1. The van der Waals surface area contributed by atoms with Gasteiger partial charge in [0.1, 0.15) is 0 Å². The Balaban J connectivity index is 1.99. The van der Waals surface area contributed by atoms with E-state index >= 15 is 0 Å². The fraction of sp³-hybridized carbons (Fsp3) is 0.583. The highest BCUT2D eigenvalue weighted by molar-refractivity contribution is 9.11. The zero-order chi connectivity index (χ0) is 12.1. The molecule has 17 heavy (non-hydrogen) atoms. The van der Waals surface area contributed by atoms with Crippen molar-refractivity contribution in [3.05, 3.63) is 20.8 Å². The SMILES string of the molecule is CCNC(=NCc1ccc(Br)s1)N1CCCC1. The highest BCUT2D eigenvalue weighted by Gasteiger charge is 2.15. The van der Waals surface area contributed by atoms with Crippen LogP contribution < -0.4 is 5.32 Å². The molecule has 0 aliphatic carbocycles. The van der Waals surface area contributed by atoms with E-state index in [1.165, 1.54) is 21.5 Å². The Morgan fingerprint density at radius 2 is 2.24 bits per heavy atom. The van der Waals surface area contributed by atoms with Crippen LogP contribution in [-0.2, 0) is 6.54 Å². The standard InChI is InChI=1S/C12H18BrN3S/c1-2-14-12(16-7-3-4-8-16)15-9-10-5-6-11(13)17-10/h5-6H,2-4,7-9H2,1H3,(H,14,15). The summed E-state index contributed by atoms with van der Waals surface area (Å²) < 4.78 is 1.17. The molecule has 5 heteroatoms. The fourth-order valence-electron chi connectivity index (χ4n) is 1.94. The van der Waals surface area contributed by atoms with E-state index in [1.807, 2.05) is 0 Å². The molecule has 1 N–H and O–H groups in total. The zero-order valence-corrected chi connectivity index (χ0v) is 12.5. The van der Waals surface area contributed by atoms with Crippen LogP contribution in [0.25, 0.3) is 0 Å². The summed E-state index contributed by atoms with van der Waals surface area (Å²) in [5, 5.41) is 3.37. The van der Waals surface area contributed by atoms with Crippen molar-refractivity contribution in [3.8, 4) is 0 Å². The van der Waals surface area contributed by atoms with Crippen molar-refractivity contribution in [2.45, 2.75) is 26.3 Å². The van der Waals surface area contributed by atoms with Crippen LogP contribution in [0.2, 0.25) is 0 Å². The van der Waals surface area contributed by atoms with Gasteiger partial charge in [0, 0.05) is 24.5 Å². The molecule has 3 nitrogen and oxygen atoms in total. The van der Waals surface area contributed by atoms with Gasteiger partial charge in [-0.15, -0.1) is 11.3 Å². The summed E-state index contributed by atoms with van der Waals surface area (Å²) in [5.41, 5.74) is 0. The van der Waals surface area contributed by atoms with Gasteiger partial charge in [-0.1, -0.05) is 0 Å². The lowest BCUT2D eigenvalue weighted by molar-refractivity contribution is 0.494. The summed E-state index contributed by atoms with van der Waals surface area (Å²) >= 11 is 5.23. The number of hydrogen-bond acceptors (Lipinski definition) is 2. The summed E-state index contributed by atoms with van der Waals surface area (Å²) in [4.78, 5) is 8.35. The minimum absolute atomic E-state index is 0.773. The van der Waals surface area contributed by atoms with Crippen LogP contribution >= 0.6 is 27.3 Å². The van der Waals surface area contributed by atoms with Gasteiger partial charge in [0.15, 0.2) is 5.96 Å². The van der Waals surface area contributed by atoms with Crippen molar-refractivity contribution < 1.29 is 0 Å². The first-order chi connectivity index (χ1) is 8.29. The Hall–Kier alpha value is -0.550. The normalized spacial score (nSPS) is 16.6. The molecule has 0 aromatic carbocycles. The molecule has 1 aromatic heterocycles. The summed E-state index contributed by atoms with van der Waals surface area (Å²) in [5.74, 6) is 1.06. The Kier molecular flexibility index (Phi) is 4.86. The number of aliphatic imine (C=N–C) groups is 1. The highest BCUT2D eigenvalue weighted by Crippen LogP contribution is 2.22. The molecule has 0 spiro atoms. The lowest BCUT2D eigenvalue weighted by atomic mass is 10.4. The van der Waals surface area contributed by atoms with Gasteiger partial charge < -0.3 is 10.2 Å². The van der Waals surface area contributed by atoms with Crippen molar-refractivity contribution in [2.24, 2.45) is 4.99 Å². The molecule has 0 atom stereocenters. The van der Waals surface area contributed by atoms with Crippen molar-refractivity contribution >= 4 is 33.2 Å². The predicted molar refractivity (Wildman–Crippen MR) is 77.6 cm³/mol. The molecular formula is C12H18BrN3S. The quantitative estimate of drug-likeness (QED) is 0.685. The van der Waals surface area contributed by atoms with Crippen molar-refractivity contribution in [2.75, 3.05) is 19.6 Å². The largest absolute Gasteiger partial charge is 0.357 e. The number of halogens is 1. The number of hydrogen-bond donors (Lipinski definition) is 1. The zero-order valence-electron chi connectivity index (χ0n) is 10.1. The van der Waals surface area contributed by atoms with Crippen LogP contribution in [0.1, 0.15) is 24.6 Å². The van der Waals surface area contributed by atoms with E-state index in [-0.39, 0.29) is 0 Å². The number of likely N-dealkylation sites (tertiary alicyclic amines) is 1. The molecule has 1 aliphatic rings. The van der Waals surface area contributed by atoms with Gasteiger partial charge >= 0.3 is 0 Å². The molecule has 2 heterocycles. The highest BCUT2D eigenvalue weighted by atomic mass is 79.9. The number of nitrogens with zero attached hydrogens (tertiary/aromatic N) is 2. The molecule has 1 saturated heterocycles. The summed E-state index contributed by atoms with van der Waals surface area (Å²) in [6.07, 6.45) is 2.57. The van der Waals surface area contributed by atoms with Gasteiger partial charge in [-0.2, -0.15) is 0 Å². The van der Waals surface area contributed by atoms with E-state index in [4.69, 9.17) is 4.99 Å². The van der Waals surface area contributed by atoms with E-state index < -0.39 is 0 Å². The van der Waals surface area contributed by atoms with E-state index in [0.29, 0.717) is 0 Å². The van der Waals surface area contributed by atoms with Gasteiger partial charge in [-0.25, -0.2) is 4.99 Å². The minimum Gasteiger partial charge on any atom is -0.357 e. The Morgan fingerprint density at radius 3 is 2.82 bits per heavy atom. The number of guanidine groups is 1. The third kappa shape index (κ3) is 3.71. The molecule has 0 amide bonds. The second kappa shape index (κ2) is 6.40. The third-order valence-corrected chi connectivity index (χ3v) is 4.36. The maximum atomic E-state index is 4.70. The van der Waals surface area contributed by atoms with Gasteiger partial charge in [0.25, 0.3) is 0 Å². The van der Waals surface area contributed by atoms with Crippen LogP contribution in [0.15, 0.2) is 20.9 Å². The van der Waals surface area contributed by atoms with E-state index in [2.05, 4.69) is 45.2 Å². The molecule has 0 saturated carbocycles. The molecule has 1 fully saturated rings. The Morgan fingerprint density at radius 1 is 1.47 bits per heavy atom. The van der Waals surface area contributed by atoms with Crippen LogP contribution in [0.3, 0.4) is 0 Å². The lowest BCUT2D eigenvalue weighted by Gasteiger charge is -2.20.